The third-order valence-corrected chi connectivity index (χ3v) is 4.09. The summed E-state index contributed by atoms with van der Waals surface area (Å²) in [6.45, 7) is 1.86. The van der Waals surface area contributed by atoms with Gasteiger partial charge in [-0.15, -0.1) is 0 Å². The van der Waals surface area contributed by atoms with Crippen molar-refractivity contribution in [3.05, 3.63) is 72.1 Å². The number of aryl methyl sites for hydroxylation is 1. The fraction of sp³-hybridized carbons (Fsp3) is 0.105. The molecular formula is C19H14F3N5. The van der Waals surface area contributed by atoms with Crippen molar-refractivity contribution in [3.63, 3.8) is 0 Å². The van der Waals surface area contributed by atoms with Gasteiger partial charge >= 0.3 is 0 Å². The van der Waals surface area contributed by atoms with Gasteiger partial charge in [-0.25, -0.2) is 23.1 Å². The van der Waals surface area contributed by atoms with Crippen molar-refractivity contribution in [2.45, 2.75) is 13.3 Å². The summed E-state index contributed by atoms with van der Waals surface area (Å²) >= 11 is 0. The van der Waals surface area contributed by atoms with E-state index in [2.05, 4.69) is 20.3 Å². The van der Waals surface area contributed by atoms with Crippen molar-refractivity contribution in [2.75, 3.05) is 5.32 Å². The summed E-state index contributed by atoms with van der Waals surface area (Å²) in [6, 6.07) is 11.1. The third kappa shape index (κ3) is 3.21. The monoisotopic (exact) mass is 369 g/mol. The van der Waals surface area contributed by atoms with E-state index in [4.69, 9.17) is 0 Å². The minimum Gasteiger partial charge on any atom is -0.339 e. The van der Waals surface area contributed by atoms with Gasteiger partial charge in [0.1, 0.15) is 11.6 Å². The predicted octanol–water partition coefficient (Wildman–Crippen LogP) is 4.94. The molecule has 2 aromatic heterocycles. The van der Waals surface area contributed by atoms with Crippen LogP contribution in [-0.2, 0) is 0 Å². The number of aromatic nitrogens is 4. The van der Waals surface area contributed by atoms with E-state index in [9.17, 15) is 13.2 Å². The lowest BCUT2D eigenvalue weighted by molar-refractivity contribution is 0.146. The fourth-order valence-electron chi connectivity index (χ4n) is 2.89. The molecule has 0 fully saturated rings. The van der Waals surface area contributed by atoms with Crippen LogP contribution in [0.4, 0.5) is 24.7 Å². The second kappa shape index (κ2) is 6.71. The van der Waals surface area contributed by atoms with E-state index in [0.29, 0.717) is 17.3 Å². The third-order valence-electron chi connectivity index (χ3n) is 4.09. The minimum absolute atomic E-state index is 0.301. The predicted molar refractivity (Wildman–Crippen MR) is 96.0 cm³/mol. The quantitative estimate of drug-likeness (QED) is 0.553. The molecule has 4 rings (SSSR count). The highest BCUT2D eigenvalue weighted by Gasteiger charge is 2.14. The normalized spacial score (nSPS) is 11.3. The van der Waals surface area contributed by atoms with E-state index in [0.717, 1.165) is 29.0 Å². The minimum atomic E-state index is -2.86. The van der Waals surface area contributed by atoms with Crippen molar-refractivity contribution >= 4 is 22.5 Å². The number of hydrogen-bond donors (Lipinski definition) is 1. The van der Waals surface area contributed by atoms with Gasteiger partial charge in [0.05, 0.1) is 29.0 Å². The first-order valence-corrected chi connectivity index (χ1v) is 8.14. The summed E-state index contributed by atoms with van der Waals surface area (Å²) in [5, 5.41) is 2.89. The summed E-state index contributed by atoms with van der Waals surface area (Å²) in [7, 11) is 0. The van der Waals surface area contributed by atoms with Crippen molar-refractivity contribution in [3.8, 4) is 5.82 Å². The average molecular weight is 369 g/mol. The van der Waals surface area contributed by atoms with Gasteiger partial charge in [-0.3, -0.25) is 9.55 Å². The Morgan fingerprint density at radius 1 is 1.04 bits per heavy atom. The number of alkyl halides is 2. The maximum absolute atomic E-state index is 13.8. The Balaban J connectivity index is 1.69. The second-order valence-corrected chi connectivity index (χ2v) is 5.91. The van der Waals surface area contributed by atoms with Crippen LogP contribution in [0.2, 0.25) is 0 Å². The van der Waals surface area contributed by atoms with Crippen LogP contribution in [0.3, 0.4) is 0 Å². The lowest BCUT2D eigenvalue weighted by Gasteiger charge is -2.10. The van der Waals surface area contributed by atoms with Gasteiger partial charge < -0.3 is 5.32 Å². The van der Waals surface area contributed by atoms with Gasteiger partial charge in [0, 0.05) is 5.69 Å². The van der Waals surface area contributed by atoms with Crippen LogP contribution in [0, 0.1) is 12.7 Å². The lowest BCUT2D eigenvalue weighted by Crippen LogP contribution is -2.04. The van der Waals surface area contributed by atoms with Gasteiger partial charge in [0.25, 0.3) is 6.43 Å². The second-order valence-electron chi connectivity index (χ2n) is 5.91. The Morgan fingerprint density at radius 2 is 1.85 bits per heavy atom. The zero-order valence-corrected chi connectivity index (χ0v) is 14.2. The number of anilines is 2. The first-order valence-electron chi connectivity index (χ1n) is 8.14. The number of nitrogens with one attached hydrogen (secondary N) is 1. The molecule has 8 heteroatoms. The Morgan fingerprint density at radius 3 is 2.63 bits per heavy atom. The summed E-state index contributed by atoms with van der Waals surface area (Å²) < 4.78 is 41.0. The molecule has 0 bridgehead atoms. The number of rotatable bonds is 4. The molecule has 0 radical (unpaired) electrons. The van der Waals surface area contributed by atoms with Gasteiger partial charge in [-0.2, -0.15) is 0 Å². The Hall–Kier alpha value is -3.42. The largest absolute Gasteiger partial charge is 0.339 e. The van der Waals surface area contributed by atoms with Crippen LogP contribution in [-0.4, -0.2) is 19.5 Å². The number of nitrogens with zero attached hydrogens (tertiary/aromatic N) is 4. The van der Waals surface area contributed by atoms with Crippen LogP contribution in [0.25, 0.3) is 16.9 Å². The van der Waals surface area contributed by atoms with Gasteiger partial charge in [-0.1, -0.05) is 12.1 Å². The number of fused-ring (bicyclic) bond motifs is 1. The molecule has 4 aromatic rings. The number of imidazole rings is 1. The number of para-hydroxylation sites is 2. The average Bonchev–Trinajstić information content (AvgIpc) is 2.97. The summed E-state index contributed by atoms with van der Waals surface area (Å²) in [5.41, 5.74) is 1.38. The molecule has 0 aliphatic carbocycles. The van der Waals surface area contributed by atoms with Crippen LogP contribution in [0.15, 0.2) is 54.9 Å². The van der Waals surface area contributed by atoms with Crippen molar-refractivity contribution in [1.29, 1.82) is 0 Å². The highest BCUT2D eigenvalue weighted by molar-refractivity contribution is 5.77. The smallest absolute Gasteiger partial charge is 0.266 e. The van der Waals surface area contributed by atoms with E-state index in [1.54, 1.807) is 6.20 Å². The molecule has 2 aromatic carbocycles. The highest BCUT2D eigenvalue weighted by Crippen LogP contribution is 2.26. The topological polar surface area (TPSA) is 55.6 Å². The maximum atomic E-state index is 13.8. The molecule has 0 aliphatic rings. The van der Waals surface area contributed by atoms with E-state index in [1.807, 2.05) is 35.8 Å². The number of hydrogen-bond acceptors (Lipinski definition) is 4. The molecular weight excluding hydrogens is 355 g/mol. The van der Waals surface area contributed by atoms with Crippen LogP contribution in [0.5, 0.6) is 0 Å². The summed E-state index contributed by atoms with van der Waals surface area (Å²) in [6.07, 6.45) is 0.198. The molecule has 136 valence electrons. The SMILES string of the molecule is Cc1nc2ccccc2n1-c1cncc(Nc2ccc(C(F)F)c(F)c2)n1. The number of benzene rings is 2. The van der Waals surface area contributed by atoms with Gasteiger partial charge in [0.2, 0.25) is 0 Å². The summed E-state index contributed by atoms with van der Waals surface area (Å²) in [5.74, 6) is 0.662. The zero-order chi connectivity index (χ0) is 19.0. The summed E-state index contributed by atoms with van der Waals surface area (Å²) in [4.78, 5) is 13.1. The van der Waals surface area contributed by atoms with Crippen molar-refractivity contribution in [1.82, 2.24) is 19.5 Å². The number of halogens is 3. The molecule has 0 aliphatic heterocycles. The van der Waals surface area contributed by atoms with Gasteiger partial charge in [-0.05, 0) is 37.3 Å². The molecule has 0 amide bonds. The Labute approximate surface area is 152 Å². The molecule has 5 nitrogen and oxygen atoms in total. The van der Waals surface area contributed by atoms with Crippen LogP contribution in [0.1, 0.15) is 17.8 Å². The Kier molecular flexibility index (Phi) is 4.23. The lowest BCUT2D eigenvalue weighted by atomic mass is 10.2. The van der Waals surface area contributed by atoms with E-state index < -0.39 is 17.8 Å². The molecule has 1 N–H and O–H groups in total. The molecule has 0 unspecified atom stereocenters. The Bertz CT molecular complexity index is 1120. The van der Waals surface area contributed by atoms with E-state index >= 15 is 0 Å². The molecule has 0 atom stereocenters. The first-order chi connectivity index (χ1) is 13.0. The highest BCUT2D eigenvalue weighted by atomic mass is 19.3. The molecule has 2 heterocycles. The molecule has 0 spiro atoms. The zero-order valence-electron chi connectivity index (χ0n) is 14.2. The van der Waals surface area contributed by atoms with E-state index in [-0.39, 0.29) is 0 Å². The molecule has 0 saturated heterocycles. The first kappa shape index (κ1) is 17.0. The van der Waals surface area contributed by atoms with Crippen LogP contribution >= 0.6 is 0 Å². The van der Waals surface area contributed by atoms with Crippen molar-refractivity contribution in [2.24, 2.45) is 0 Å². The van der Waals surface area contributed by atoms with Crippen molar-refractivity contribution < 1.29 is 13.2 Å². The van der Waals surface area contributed by atoms with Crippen LogP contribution < -0.4 is 5.32 Å². The molecule has 0 saturated carbocycles. The fourth-order valence-corrected chi connectivity index (χ4v) is 2.89. The van der Waals surface area contributed by atoms with E-state index in [1.165, 1.54) is 12.3 Å². The standard InChI is InChI=1S/C19H14F3N5/c1-11-24-15-4-2-3-5-16(15)27(11)18-10-23-9-17(26-18)25-12-6-7-13(19(21)22)14(20)8-12/h2-10,19H,1H3,(H,25,26). The van der Waals surface area contributed by atoms with Gasteiger partial charge in [0.15, 0.2) is 11.6 Å². The maximum Gasteiger partial charge on any atom is 0.266 e. The molecule has 27 heavy (non-hydrogen) atoms.